The van der Waals surface area contributed by atoms with Gasteiger partial charge in [0.15, 0.2) is 0 Å². The van der Waals surface area contributed by atoms with Crippen LogP contribution >= 0.6 is 12.6 Å². The van der Waals surface area contributed by atoms with Crippen LogP contribution in [0, 0.1) is 20.8 Å². The minimum atomic E-state index is 0.801. The van der Waals surface area contributed by atoms with Gasteiger partial charge in [-0.3, -0.25) is 0 Å². The molecule has 0 N–H and O–H groups in total. The molecule has 1 nitrogen and oxygen atoms in total. The Labute approximate surface area is 111 Å². The predicted molar refractivity (Wildman–Crippen MR) is 78.6 cm³/mol. The lowest BCUT2D eigenvalue weighted by molar-refractivity contribution is 0.315. The number of aryl methyl sites for hydroxylation is 1. The van der Waals surface area contributed by atoms with Gasteiger partial charge in [0.25, 0.3) is 0 Å². The van der Waals surface area contributed by atoms with E-state index in [-0.39, 0.29) is 0 Å². The van der Waals surface area contributed by atoms with Crippen molar-refractivity contribution in [1.82, 2.24) is 0 Å². The van der Waals surface area contributed by atoms with E-state index in [1.165, 1.54) is 22.3 Å². The summed E-state index contributed by atoms with van der Waals surface area (Å²) in [6, 6.07) is 2.19. The highest BCUT2D eigenvalue weighted by Gasteiger charge is 2.10. The molecule has 17 heavy (non-hydrogen) atoms. The van der Waals surface area contributed by atoms with Crippen molar-refractivity contribution in [3.05, 3.63) is 28.3 Å². The summed E-state index contributed by atoms with van der Waals surface area (Å²) >= 11 is 4.29. The lowest BCUT2D eigenvalue weighted by Crippen LogP contribution is -2.03. The third-order valence-electron chi connectivity index (χ3n) is 3.25. The monoisotopic (exact) mass is 252 g/mol. The largest absolute Gasteiger partial charge is 0.493 e. The summed E-state index contributed by atoms with van der Waals surface area (Å²) in [5, 5.41) is 0. The van der Waals surface area contributed by atoms with E-state index in [4.69, 9.17) is 4.74 Å². The Morgan fingerprint density at radius 2 is 1.88 bits per heavy atom. The van der Waals surface area contributed by atoms with Gasteiger partial charge in [-0.2, -0.15) is 12.6 Å². The zero-order chi connectivity index (χ0) is 12.8. The first-order valence-corrected chi connectivity index (χ1v) is 7.08. The van der Waals surface area contributed by atoms with Crippen LogP contribution in [0.2, 0.25) is 0 Å². The summed E-state index contributed by atoms with van der Waals surface area (Å²) in [5.74, 6) is 2.00. The van der Waals surface area contributed by atoms with Crippen molar-refractivity contribution < 1.29 is 4.74 Å². The lowest BCUT2D eigenvalue weighted by atomic mass is 9.94. The van der Waals surface area contributed by atoms with Gasteiger partial charge < -0.3 is 4.74 Å². The fourth-order valence-corrected chi connectivity index (χ4v) is 2.26. The van der Waals surface area contributed by atoms with Crippen LogP contribution in [-0.4, -0.2) is 12.4 Å². The van der Waals surface area contributed by atoms with Gasteiger partial charge in [0.1, 0.15) is 5.75 Å². The molecule has 0 aliphatic rings. The standard InChI is InChI=1S/C15H24OS/c1-5-8-16-15-10-11(2)14(7-6-9-17)12(3)13(15)4/h10,17H,5-9H2,1-4H3. The van der Waals surface area contributed by atoms with Crippen LogP contribution in [0.4, 0.5) is 0 Å². The Morgan fingerprint density at radius 1 is 1.18 bits per heavy atom. The van der Waals surface area contributed by atoms with Gasteiger partial charge in [-0.1, -0.05) is 6.92 Å². The van der Waals surface area contributed by atoms with Crippen LogP contribution < -0.4 is 4.74 Å². The number of hydrogen-bond donors (Lipinski definition) is 1. The Kier molecular flexibility index (Phi) is 5.90. The van der Waals surface area contributed by atoms with Crippen LogP contribution in [0.3, 0.4) is 0 Å². The first kappa shape index (κ1) is 14.4. The molecular weight excluding hydrogens is 228 g/mol. The molecule has 1 aromatic rings. The molecule has 0 aliphatic carbocycles. The maximum Gasteiger partial charge on any atom is 0.122 e. The molecule has 0 saturated heterocycles. The van der Waals surface area contributed by atoms with E-state index in [1.54, 1.807) is 0 Å². The van der Waals surface area contributed by atoms with Crippen LogP contribution in [0.25, 0.3) is 0 Å². The fraction of sp³-hybridized carbons (Fsp3) is 0.600. The van der Waals surface area contributed by atoms with Crippen molar-refractivity contribution in [1.29, 1.82) is 0 Å². The predicted octanol–water partition coefficient (Wildman–Crippen LogP) is 4.26. The zero-order valence-corrected chi connectivity index (χ0v) is 12.4. The van der Waals surface area contributed by atoms with E-state index in [0.717, 1.165) is 37.4 Å². The molecule has 0 saturated carbocycles. The lowest BCUT2D eigenvalue weighted by Gasteiger charge is -2.17. The molecule has 0 amide bonds. The molecule has 0 aliphatic heterocycles. The van der Waals surface area contributed by atoms with E-state index in [2.05, 4.69) is 46.4 Å². The van der Waals surface area contributed by atoms with Gasteiger partial charge in [-0.15, -0.1) is 0 Å². The molecule has 0 spiro atoms. The smallest absolute Gasteiger partial charge is 0.122 e. The molecule has 1 rings (SSSR count). The van der Waals surface area contributed by atoms with Crippen LogP contribution in [0.5, 0.6) is 5.75 Å². The van der Waals surface area contributed by atoms with Gasteiger partial charge >= 0.3 is 0 Å². The van der Waals surface area contributed by atoms with Gasteiger partial charge in [0.2, 0.25) is 0 Å². The van der Waals surface area contributed by atoms with Gasteiger partial charge in [0, 0.05) is 0 Å². The molecule has 96 valence electrons. The first-order valence-electron chi connectivity index (χ1n) is 6.45. The Bertz CT molecular complexity index is 372. The van der Waals surface area contributed by atoms with Crippen molar-refractivity contribution in [2.75, 3.05) is 12.4 Å². The molecular formula is C15H24OS. The summed E-state index contributed by atoms with van der Waals surface area (Å²) in [7, 11) is 0. The van der Waals surface area contributed by atoms with E-state index < -0.39 is 0 Å². The maximum atomic E-state index is 5.79. The third-order valence-corrected chi connectivity index (χ3v) is 3.57. The molecule has 0 heterocycles. The first-order chi connectivity index (χ1) is 8.11. The average molecular weight is 252 g/mol. The van der Waals surface area contributed by atoms with Gasteiger partial charge in [-0.25, -0.2) is 0 Å². The molecule has 0 unspecified atom stereocenters. The van der Waals surface area contributed by atoms with Crippen molar-refractivity contribution in [3.63, 3.8) is 0 Å². The molecule has 1 aromatic carbocycles. The van der Waals surface area contributed by atoms with Crippen LogP contribution in [-0.2, 0) is 6.42 Å². The van der Waals surface area contributed by atoms with Crippen molar-refractivity contribution in [3.8, 4) is 5.75 Å². The van der Waals surface area contributed by atoms with Crippen LogP contribution in [0.1, 0.15) is 42.0 Å². The van der Waals surface area contributed by atoms with Gasteiger partial charge in [0.05, 0.1) is 6.61 Å². The van der Waals surface area contributed by atoms with Crippen molar-refractivity contribution >= 4 is 12.6 Å². The second kappa shape index (κ2) is 6.95. The molecule has 0 atom stereocenters. The zero-order valence-electron chi connectivity index (χ0n) is 11.5. The van der Waals surface area contributed by atoms with E-state index in [1.807, 2.05) is 0 Å². The molecule has 0 aromatic heterocycles. The third kappa shape index (κ3) is 3.67. The highest BCUT2D eigenvalue weighted by Crippen LogP contribution is 2.28. The number of thiol groups is 1. The van der Waals surface area contributed by atoms with Crippen molar-refractivity contribution in [2.45, 2.75) is 47.0 Å². The highest BCUT2D eigenvalue weighted by molar-refractivity contribution is 7.80. The minimum Gasteiger partial charge on any atom is -0.493 e. The van der Waals surface area contributed by atoms with E-state index in [9.17, 15) is 0 Å². The SMILES string of the molecule is CCCOc1cc(C)c(CCCS)c(C)c1C. The number of rotatable bonds is 6. The summed E-state index contributed by atoms with van der Waals surface area (Å²) in [5.41, 5.74) is 5.50. The number of ether oxygens (including phenoxy) is 1. The average Bonchev–Trinajstić information content (AvgIpc) is 2.32. The molecule has 2 heteroatoms. The quantitative estimate of drug-likeness (QED) is 0.744. The summed E-state index contributed by atoms with van der Waals surface area (Å²) < 4.78 is 5.79. The minimum absolute atomic E-state index is 0.801. The molecule has 0 fully saturated rings. The summed E-state index contributed by atoms with van der Waals surface area (Å²) in [4.78, 5) is 0. The second-order valence-electron chi connectivity index (χ2n) is 4.60. The van der Waals surface area contributed by atoms with Crippen molar-refractivity contribution in [2.24, 2.45) is 0 Å². The maximum absolute atomic E-state index is 5.79. The number of hydrogen-bond acceptors (Lipinski definition) is 2. The Morgan fingerprint density at radius 3 is 2.47 bits per heavy atom. The second-order valence-corrected chi connectivity index (χ2v) is 5.04. The summed E-state index contributed by atoms with van der Waals surface area (Å²) in [6.45, 7) is 9.48. The van der Waals surface area contributed by atoms with Gasteiger partial charge in [-0.05, 0) is 74.1 Å². The topological polar surface area (TPSA) is 9.23 Å². The fourth-order valence-electron chi connectivity index (χ4n) is 2.10. The Balaban J connectivity index is 2.99. The van der Waals surface area contributed by atoms with Crippen LogP contribution in [0.15, 0.2) is 6.07 Å². The molecule has 0 radical (unpaired) electrons. The van der Waals surface area contributed by atoms with E-state index >= 15 is 0 Å². The molecule has 0 bridgehead atoms. The van der Waals surface area contributed by atoms with E-state index in [0.29, 0.717) is 0 Å². The number of benzene rings is 1. The highest BCUT2D eigenvalue weighted by atomic mass is 32.1. The Hall–Kier alpha value is -0.630. The normalized spacial score (nSPS) is 10.6. The summed E-state index contributed by atoms with van der Waals surface area (Å²) in [6.07, 6.45) is 3.31.